The number of hydrogen-bond acceptors (Lipinski definition) is 4. The molecule has 6 heteroatoms. The number of aliphatic hydroxyl groups is 1. The SMILES string of the molecule is CCNC(=NCC(O)COCC(C)C)NC1CC(OCC)C12CCC2. The van der Waals surface area contributed by atoms with Gasteiger partial charge in [0, 0.05) is 31.2 Å². The second kappa shape index (κ2) is 9.74. The number of nitrogens with one attached hydrogen (secondary N) is 2. The van der Waals surface area contributed by atoms with E-state index in [-0.39, 0.29) is 0 Å². The molecule has 2 saturated carbocycles. The van der Waals surface area contributed by atoms with Crippen molar-refractivity contribution in [3.05, 3.63) is 0 Å². The molecular formula is C19H37N3O3. The van der Waals surface area contributed by atoms with E-state index in [0.29, 0.717) is 43.2 Å². The average molecular weight is 356 g/mol. The Labute approximate surface area is 152 Å². The van der Waals surface area contributed by atoms with Crippen molar-refractivity contribution in [2.75, 3.05) is 32.9 Å². The number of aliphatic hydroxyl groups excluding tert-OH is 1. The molecule has 2 rings (SSSR count). The second-order valence-electron chi connectivity index (χ2n) is 7.77. The summed E-state index contributed by atoms with van der Waals surface area (Å²) < 4.78 is 11.4. The summed E-state index contributed by atoms with van der Waals surface area (Å²) in [6, 6.07) is 0.421. The fourth-order valence-corrected chi connectivity index (χ4v) is 3.81. The van der Waals surface area contributed by atoms with Gasteiger partial charge >= 0.3 is 0 Å². The van der Waals surface area contributed by atoms with E-state index in [9.17, 15) is 5.11 Å². The number of guanidine groups is 1. The van der Waals surface area contributed by atoms with Gasteiger partial charge in [0.1, 0.15) is 0 Å². The third-order valence-electron chi connectivity index (χ3n) is 5.31. The van der Waals surface area contributed by atoms with Crippen LogP contribution in [-0.2, 0) is 9.47 Å². The summed E-state index contributed by atoms with van der Waals surface area (Å²) in [5, 5.41) is 16.9. The molecule has 0 bridgehead atoms. The zero-order chi connectivity index (χ0) is 18.3. The number of rotatable bonds is 10. The molecule has 0 radical (unpaired) electrons. The number of aliphatic imine (C=N–C) groups is 1. The molecule has 0 aliphatic heterocycles. The Kier molecular flexibility index (Phi) is 7.97. The molecule has 2 fully saturated rings. The predicted molar refractivity (Wildman–Crippen MR) is 101 cm³/mol. The predicted octanol–water partition coefficient (Wildman–Crippen LogP) is 1.92. The minimum atomic E-state index is -0.565. The van der Waals surface area contributed by atoms with Gasteiger partial charge < -0.3 is 25.2 Å². The monoisotopic (exact) mass is 355 g/mol. The molecule has 0 aromatic rings. The highest BCUT2D eigenvalue weighted by Crippen LogP contribution is 2.57. The molecule has 0 saturated heterocycles. The van der Waals surface area contributed by atoms with Gasteiger partial charge in [0.15, 0.2) is 5.96 Å². The van der Waals surface area contributed by atoms with Crippen molar-refractivity contribution >= 4 is 5.96 Å². The van der Waals surface area contributed by atoms with E-state index in [4.69, 9.17) is 9.47 Å². The largest absolute Gasteiger partial charge is 0.389 e. The van der Waals surface area contributed by atoms with Gasteiger partial charge in [-0.25, -0.2) is 0 Å². The molecule has 6 nitrogen and oxygen atoms in total. The highest BCUT2D eigenvalue weighted by molar-refractivity contribution is 5.80. The number of nitrogens with zero attached hydrogens (tertiary/aromatic N) is 1. The van der Waals surface area contributed by atoms with Crippen LogP contribution in [0.1, 0.15) is 53.4 Å². The van der Waals surface area contributed by atoms with Crippen LogP contribution >= 0.6 is 0 Å². The van der Waals surface area contributed by atoms with Crippen LogP contribution in [0.5, 0.6) is 0 Å². The molecule has 3 N–H and O–H groups in total. The molecular weight excluding hydrogens is 318 g/mol. The molecule has 0 amide bonds. The molecule has 0 heterocycles. The van der Waals surface area contributed by atoms with Crippen LogP contribution in [0.2, 0.25) is 0 Å². The van der Waals surface area contributed by atoms with Crippen molar-refractivity contribution in [1.29, 1.82) is 0 Å². The van der Waals surface area contributed by atoms with E-state index in [0.717, 1.165) is 25.5 Å². The lowest BCUT2D eigenvalue weighted by atomic mass is 9.51. The van der Waals surface area contributed by atoms with Gasteiger partial charge in [-0.2, -0.15) is 0 Å². The lowest BCUT2D eigenvalue weighted by molar-refractivity contribution is -0.168. The normalized spacial score (nSPS) is 26.2. The van der Waals surface area contributed by atoms with Gasteiger partial charge in [-0.1, -0.05) is 20.3 Å². The molecule has 3 atom stereocenters. The van der Waals surface area contributed by atoms with E-state index >= 15 is 0 Å². The summed E-state index contributed by atoms with van der Waals surface area (Å²) in [6.07, 6.45) is 4.63. The Balaban J connectivity index is 1.82. The van der Waals surface area contributed by atoms with Crippen LogP contribution in [0.4, 0.5) is 0 Å². The topological polar surface area (TPSA) is 75.1 Å². The summed E-state index contributed by atoms with van der Waals surface area (Å²) in [7, 11) is 0. The third-order valence-corrected chi connectivity index (χ3v) is 5.31. The van der Waals surface area contributed by atoms with E-state index in [1.54, 1.807) is 0 Å². The highest BCUT2D eigenvalue weighted by Gasteiger charge is 2.59. The molecule has 1 spiro atoms. The van der Waals surface area contributed by atoms with Crippen LogP contribution in [-0.4, -0.2) is 62.2 Å². The van der Waals surface area contributed by atoms with Gasteiger partial charge in [0.05, 0.1) is 25.4 Å². The maximum Gasteiger partial charge on any atom is 0.191 e. The Hall–Kier alpha value is -0.850. The van der Waals surface area contributed by atoms with Crippen molar-refractivity contribution in [2.24, 2.45) is 16.3 Å². The van der Waals surface area contributed by atoms with Crippen molar-refractivity contribution in [3.8, 4) is 0 Å². The molecule has 2 aliphatic carbocycles. The third kappa shape index (κ3) is 5.31. The van der Waals surface area contributed by atoms with E-state index in [2.05, 4.69) is 43.3 Å². The van der Waals surface area contributed by atoms with Crippen molar-refractivity contribution in [2.45, 2.75) is 71.6 Å². The first-order valence-electron chi connectivity index (χ1n) is 9.94. The van der Waals surface area contributed by atoms with Crippen LogP contribution in [0, 0.1) is 11.3 Å². The van der Waals surface area contributed by atoms with Gasteiger partial charge in [-0.15, -0.1) is 0 Å². The Morgan fingerprint density at radius 1 is 1.28 bits per heavy atom. The highest BCUT2D eigenvalue weighted by atomic mass is 16.5. The molecule has 146 valence electrons. The Bertz CT molecular complexity index is 424. The van der Waals surface area contributed by atoms with E-state index in [1.807, 2.05) is 0 Å². The first kappa shape index (κ1) is 20.5. The summed E-state index contributed by atoms with van der Waals surface area (Å²) in [4.78, 5) is 4.55. The van der Waals surface area contributed by atoms with Crippen LogP contribution in [0.3, 0.4) is 0 Å². The zero-order valence-corrected chi connectivity index (χ0v) is 16.4. The molecule has 25 heavy (non-hydrogen) atoms. The van der Waals surface area contributed by atoms with Crippen molar-refractivity contribution in [1.82, 2.24) is 10.6 Å². The quantitative estimate of drug-likeness (QED) is 0.412. The summed E-state index contributed by atoms with van der Waals surface area (Å²) in [5.74, 6) is 1.27. The number of hydrogen-bond donors (Lipinski definition) is 3. The van der Waals surface area contributed by atoms with Crippen LogP contribution in [0.25, 0.3) is 0 Å². The first-order valence-corrected chi connectivity index (χ1v) is 9.94. The molecule has 2 aliphatic rings. The van der Waals surface area contributed by atoms with Crippen LogP contribution in [0.15, 0.2) is 4.99 Å². The van der Waals surface area contributed by atoms with E-state index < -0.39 is 6.10 Å². The zero-order valence-electron chi connectivity index (χ0n) is 16.4. The molecule has 0 aromatic heterocycles. The van der Waals surface area contributed by atoms with Crippen molar-refractivity contribution in [3.63, 3.8) is 0 Å². The average Bonchev–Trinajstić information content (AvgIpc) is 2.49. The lowest BCUT2D eigenvalue weighted by Crippen LogP contribution is -2.68. The fourth-order valence-electron chi connectivity index (χ4n) is 3.81. The van der Waals surface area contributed by atoms with Gasteiger partial charge in [0.2, 0.25) is 0 Å². The first-order chi connectivity index (χ1) is 12.0. The molecule has 3 unspecified atom stereocenters. The summed E-state index contributed by atoms with van der Waals surface area (Å²) in [5.41, 5.74) is 0.297. The van der Waals surface area contributed by atoms with Crippen LogP contribution < -0.4 is 10.6 Å². The second-order valence-corrected chi connectivity index (χ2v) is 7.77. The smallest absolute Gasteiger partial charge is 0.191 e. The van der Waals surface area contributed by atoms with Gasteiger partial charge in [-0.05, 0) is 39.0 Å². The Morgan fingerprint density at radius 3 is 2.60 bits per heavy atom. The maximum absolute atomic E-state index is 10.0. The number of ether oxygens (including phenoxy) is 2. The minimum Gasteiger partial charge on any atom is -0.389 e. The molecule has 0 aromatic carbocycles. The summed E-state index contributed by atoms with van der Waals surface area (Å²) in [6.45, 7) is 11.3. The standard InChI is InChI=1S/C19H37N3O3/c1-5-20-18(21-11-15(23)13-24-12-14(3)4)22-16-10-17(25-6-2)19(16)8-7-9-19/h14-17,23H,5-13H2,1-4H3,(H2,20,21,22). The fraction of sp³-hybridized carbons (Fsp3) is 0.947. The van der Waals surface area contributed by atoms with Gasteiger partial charge in [0.25, 0.3) is 0 Å². The van der Waals surface area contributed by atoms with Crippen molar-refractivity contribution < 1.29 is 14.6 Å². The lowest BCUT2D eigenvalue weighted by Gasteiger charge is -2.61. The minimum absolute atomic E-state index is 0.297. The van der Waals surface area contributed by atoms with E-state index in [1.165, 1.54) is 19.3 Å². The van der Waals surface area contributed by atoms with Gasteiger partial charge in [-0.3, -0.25) is 4.99 Å². The maximum atomic E-state index is 10.0. The summed E-state index contributed by atoms with van der Waals surface area (Å²) >= 11 is 0. The Morgan fingerprint density at radius 2 is 2.04 bits per heavy atom.